The summed E-state index contributed by atoms with van der Waals surface area (Å²) in [6.07, 6.45) is 1.82. The van der Waals surface area contributed by atoms with E-state index in [1.165, 1.54) is 12.1 Å². The van der Waals surface area contributed by atoms with E-state index in [0.717, 1.165) is 12.8 Å². The Kier molecular flexibility index (Phi) is 7.53. The van der Waals surface area contributed by atoms with Crippen LogP contribution < -0.4 is 11.1 Å². The molecule has 1 unspecified atom stereocenters. The van der Waals surface area contributed by atoms with Gasteiger partial charge < -0.3 is 20.7 Å². The van der Waals surface area contributed by atoms with Crippen molar-refractivity contribution >= 4 is 11.8 Å². The molecule has 0 radical (unpaired) electrons. The van der Waals surface area contributed by atoms with E-state index in [0.29, 0.717) is 18.7 Å². The van der Waals surface area contributed by atoms with Gasteiger partial charge in [-0.1, -0.05) is 26.0 Å². The van der Waals surface area contributed by atoms with Crippen molar-refractivity contribution in [3.8, 4) is 0 Å². The van der Waals surface area contributed by atoms with E-state index in [9.17, 15) is 14.0 Å². The first-order valence-electron chi connectivity index (χ1n) is 9.04. The van der Waals surface area contributed by atoms with Crippen molar-refractivity contribution in [3.63, 3.8) is 0 Å². The molecule has 2 amide bonds. The Balaban J connectivity index is 1.99. The van der Waals surface area contributed by atoms with Crippen molar-refractivity contribution in [2.45, 2.75) is 45.4 Å². The zero-order valence-corrected chi connectivity index (χ0v) is 15.4. The molecule has 0 saturated carbocycles. The molecule has 1 aromatic rings. The molecule has 1 aromatic carbocycles. The Bertz CT molecular complexity index is 618. The van der Waals surface area contributed by atoms with Gasteiger partial charge in [-0.05, 0) is 36.5 Å². The molecule has 1 aliphatic heterocycles. The van der Waals surface area contributed by atoms with Crippen LogP contribution in [0.1, 0.15) is 32.3 Å². The van der Waals surface area contributed by atoms with Crippen molar-refractivity contribution in [1.82, 2.24) is 10.2 Å². The van der Waals surface area contributed by atoms with E-state index >= 15 is 0 Å². The molecular formula is C19H28FN3O3. The standard InChI is InChI=1S/C19H28FN3O3/c1-13(2)18(21)19(25)22-10-17(24)23(12-16-7-4-8-26-16)11-14-5-3-6-15(20)9-14/h3,5-6,9,13,16,18H,4,7-8,10-12,21H2,1-2H3,(H,22,25)/t16?,18-/m0/s1. The summed E-state index contributed by atoms with van der Waals surface area (Å²) in [5, 5.41) is 2.60. The lowest BCUT2D eigenvalue weighted by Crippen LogP contribution is -2.48. The second kappa shape index (κ2) is 9.64. The van der Waals surface area contributed by atoms with E-state index in [-0.39, 0.29) is 42.7 Å². The molecule has 26 heavy (non-hydrogen) atoms. The van der Waals surface area contributed by atoms with Gasteiger partial charge >= 0.3 is 0 Å². The molecule has 0 aromatic heterocycles. The molecule has 7 heteroatoms. The Morgan fingerprint density at radius 2 is 2.19 bits per heavy atom. The third kappa shape index (κ3) is 6.07. The van der Waals surface area contributed by atoms with Gasteiger partial charge in [-0.2, -0.15) is 0 Å². The van der Waals surface area contributed by atoms with Gasteiger partial charge in [-0.25, -0.2) is 4.39 Å². The predicted molar refractivity (Wildman–Crippen MR) is 96.6 cm³/mol. The van der Waals surface area contributed by atoms with Gasteiger partial charge in [-0.15, -0.1) is 0 Å². The quantitative estimate of drug-likeness (QED) is 0.730. The average Bonchev–Trinajstić information content (AvgIpc) is 3.11. The summed E-state index contributed by atoms with van der Waals surface area (Å²) < 4.78 is 19.1. The number of carbonyl (C=O) groups excluding carboxylic acids is 2. The van der Waals surface area contributed by atoms with Crippen LogP contribution in [0.25, 0.3) is 0 Å². The molecular weight excluding hydrogens is 337 g/mol. The van der Waals surface area contributed by atoms with Crippen LogP contribution in [0.5, 0.6) is 0 Å². The molecule has 0 spiro atoms. The van der Waals surface area contributed by atoms with Crippen LogP contribution in [0.3, 0.4) is 0 Å². The number of rotatable bonds is 8. The summed E-state index contributed by atoms with van der Waals surface area (Å²) in [5.41, 5.74) is 6.49. The Labute approximate surface area is 153 Å². The molecule has 6 nitrogen and oxygen atoms in total. The Morgan fingerprint density at radius 1 is 1.42 bits per heavy atom. The number of nitrogens with zero attached hydrogens (tertiary/aromatic N) is 1. The number of ether oxygens (including phenoxy) is 1. The van der Waals surface area contributed by atoms with E-state index in [2.05, 4.69) is 5.32 Å². The lowest BCUT2D eigenvalue weighted by Gasteiger charge is -2.26. The highest BCUT2D eigenvalue weighted by molar-refractivity contribution is 5.87. The highest BCUT2D eigenvalue weighted by Gasteiger charge is 2.24. The molecule has 1 heterocycles. The maximum atomic E-state index is 13.4. The fourth-order valence-corrected chi connectivity index (χ4v) is 2.84. The number of benzene rings is 1. The smallest absolute Gasteiger partial charge is 0.242 e. The fraction of sp³-hybridized carbons (Fsp3) is 0.579. The van der Waals surface area contributed by atoms with Crippen LogP contribution in [0.2, 0.25) is 0 Å². The third-order valence-corrected chi connectivity index (χ3v) is 4.50. The second-order valence-electron chi connectivity index (χ2n) is 7.03. The lowest BCUT2D eigenvalue weighted by molar-refractivity contribution is -0.135. The van der Waals surface area contributed by atoms with Crippen LogP contribution in [0, 0.1) is 11.7 Å². The van der Waals surface area contributed by atoms with Crippen molar-refractivity contribution in [3.05, 3.63) is 35.6 Å². The molecule has 2 atom stereocenters. The molecule has 1 fully saturated rings. The highest BCUT2D eigenvalue weighted by atomic mass is 19.1. The van der Waals surface area contributed by atoms with Crippen LogP contribution in [-0.4, -0.2) is 48.6 Å². The summed E-state index contributed by atoms with van der Waals surface area (Å²) in [7, 11) is 0. The fourth-order valence-electron chi connectivity index (χ4n) is 2.84. The molecule has 3 N–H and O–H groups in total. The first-order valence-corrected chi connectivity index (χ1v) is 9.04. The zero-order chi connectivity index (χ0) is 19.1. The highest BCUT2D eigenvalue weighted by Crippen LogP contribution is 2.15. The van der Waals surface area contributed by atoms with E-state index < -0.39 is 6.04 Å². The van der Waals surface area contributed by atoms with E-state index in [4.69, 9.17) is 10.5 Å². The average molecular weight is 365 g/mol. The second-order valence-corrected chi connectivity index (χ2v) is 7.03. The van der Waals surface area contributed by atoms with Crippen molar-refractivity contribution in [2.75, 3.05) is 19.7 Å². The molecule has 1 aliphatic rings. The molecule has 0 aliphatic carbocycles. The van der Waals surface area contributed by atoms with Gasteiger partial charge in [0, 0.05) is 19.7 Å². The topological polar surface area (TPSA) is 84.7 Å². The first kappa shape index (κ1) is 20.3. The van der Waals surface area contributed by atoms with Gasteiger partial charge in [0.2, 0.25) is 11.8 Å². The Hall–Kier alpha value is -1.99. The molecule has 1 saturated heterocycles. The number of hydrogen-bond donors (Lipinski definition) is 2. The summed E-state index contributed by atoms with van der Waals surface area (Å²) in [5.74, 6) is -0.950. The normalized spacial score (nSPS) is 18.0. The van der Waals surface area contributed by atoms with E-state index in [1.54, 1.807) is 17.0 Å². The minimum Gasteiger partial charge on any atom is -0.376 e. The number of amides is 2. The maximum Gasteiger partial charge on any atom is 0.242 e. The summed E-state index contributed by atoms with van der Waals surface area (Å²) in [6.45, 7) is 4.93. The first-order chi connectivity index (χ1) is 12.4. The van der Waals surface area contributed by atoms with Gasteiger partial charge in [0.05, 0.1) is 18.7 Å². The zero-order valence-electron chi connectivity index (χ0n) is 15.4. The van der Waals surface area contributed by atoms with Gasteiger partial charge in [-0.3, -0.25) is 9.59 Å². The van der Waals surface area contributed by atoms with Crippen LogP contribution in [0.15, 0.2) is 24.3 Å². The number of halogens is 1. The van der Waals surface area contributed by atoms with E-state index in [1.807, 2.05) is 13.8 Å². The van der Waals surface area contributed by atoms with Gasteiger partial charge in [0.15, 0.2) is 0 Å². The van der Waals surface area contributed by atoms with Crippen LogP contribution >= 0.6 is 0 Å². The Morgan fingerprint density at radius 3 is 2.81 bits per heavy atom. The molecule has 144 valence electrons. The number of nitrogens with two attached hydrogens (primary N) is 1. The van der Waals surface area contributed by atoms with Crippen LogP contribution in [0.4, 0.5) is 4.39 Å². The SMILES string of the molecule is CC(C)[C@H](N)C(=O)NCC(=O)N(Cc1cccc(F)c1)CC1CCCO1. The van der Waals surface area contributed by atoms with Crippen molar-refractivity contribution in [2.24, 2.45) is 11.7 Å². The largest absolute Gasteiger partial charge is 0.376 e. The monoisotopic (exact) mass is 365 g/mol. The lowest BCUT2D eigenvalue weighted by atomic mass is 10.1. The third-order valence-electron chi connectivity index (χ3n) is 4.50. The number of hydrogen-bond acceptors (Lipinski definition) is 4. The van der Waals surface area contributed by atoms with Crippen LogP contribution in [-0.2, 0) is 20.9 Å². The summed E-state index contributed by atoms with van der Waals surface area (Å²) >= 11 is 0. The molecule has 0 bridgehead atoms. The minimum absolute atomic E-state index is 0.0135. The minimum atomic E-state index is -0.655. The van der Waals surface area contributed by atoms with Crippen molar-refractivity contribution in [1.29, 1.82) is 0 Å². The maximum absolute atomic E-state index is 13.4. The van der Waals surface area contributed by atoms with Gasteiger partial charge in [0.1, 0.15) is 5.82 Å². The van der Waals surface area contributed by atoms with Crippen molar-refractivity contribution < 1.29 is 18.7 Å². The summed E-state index contributed by atoms with van der Waals surface area (Å²) in [4.78, 5) is 26.2. The van der Waals surface area contributed by atoms with Gasteiger partial charge in [0.25, 0.3) is 0 Å². The molecule has 2 rings (SSSR count). The summed E-state index contributed by atoms with van der Waals surface area (Å²) in [6, 6.07) is 5.50. The number of carbonyl (C=O) groups is 2. The number of nitrogens with one attached hydrogen (secondary N) is 1. The predicted octanol–water partition coefficient (Wildman–Crippen LogP) is 1.43.